The van der Waals surface area contributed by atoms with Crippen LogP contribution in [0, 0.1) is 0 Å². The summed E-state index contributed by atoms with van der Waals surface area (Å²) in [6.07, 6.45) is 2.92. The Morgan fingerprint density at radius 2 is 1.95 bits per heavy atom. The quantitative estimate of drug-likeness (QED) is 0.742. The molecule has 0 saturated heterocycles. The van der Waals surface area contributed by atoms with E-state index in [0.717, 1.165) is 28.1 Å². The number of hydrogen-bond acceptors (Lipinski definition) is 1. The molecule has 3 rings (SSSR count). The summed E-state index contributed by atoms with van der Waals surface area (Å²) in [5, 5.41) is 2.00. The van der Waals surface area contributed by atoms with Crippen LogP contribution in [0.25, 0.3) is 22.0 Å². The van der Waals surface area contributed by atoms with Crippen LogP contribution in [-0.4, -0.2) is 11.5 Å². The lowest BCUT2D eigenvalue weighted by molar-refractivity contribution is 0.976. The number of halogens is 1. The Morgan fingerprint density at radius 3 is 2.74 bits per heavy atom. The van der Waals surface area contributed by atoms with Gasteiger partial charge in [-0.3, -0.25) is 0 Å². The van der Waals surface area contributed by atoms with E-state index >= 15 is 0 Å². The number of fused-ring (bicyclic) bond motifs is 1. The van der Waals surface area contributed by atoms with Crippen molar-refractivity contribution >= 4 is 22.5 Å². The van der Waals surface area contributed by atoms with Crippen molar-refractivity contribution in [1.29, 1.82) is 0 Å². The molecule has 0 saturated carbocycles. The fourth-order valence-corrected chi connectivity index (χ4v) is 2.65. The number of nitrogens with one attached hydrogen (secondary N) is 1. The lowest BCUT2D eigenvalue weighted by Crippen LogP contribution is -2.01. The minimum absolute atomic E-state index is 0.656. The summed E-state index contributed by atoms with van der Waals surface area (Å²) in [5.41, 5.74) is 10.2. The normalized spacial score (nSPS) is 11.1. The van der Waals surface area contributed by atoms with E-state index in [1.165, 1.54) is 10.9 Å². The van der Waals surface area contributed by atoms with Crippen LogP contribution in [0.1, 0.15) is 5.56 Å². The van der Waals surface area contributed by atoms with Gasteiger partial charge in [-0.15, -0.1) is 0 Å². The molecule has 96 valence electrons. The fraction of sp³-hybridized carbons (Fsp3) is 0.125. The van der Waals surface area contributed by atoms with Crippen LogP contribution >= 0.6 is 11.6 Å². The first-order valence-corrected chi connectivity index (χ1v) is 6.72. The van der Waals surface area contributed by atoms with Crippen LogP contribution in [0.4, 0.5) is 0 Å². The maximum absolute atomic E-state index is 6.26. The molecule has 3 aromatic rings. The van der Waals surface area contributed by atoms with Gasteiger partial charge >= 0.3 is 0 Å². The molecular weight excluding hydrogens is 256 g/mol. The van der Waals surface area contributed by atoms with E-state index in [0.29, 0.717) is 6.54 Å². The third kappa shape index (κ3) is 2.25. The van der Waals surface area contributed by atoms with Crippen molar-refractivity contribution in [3.8, 4) is 11.1 Å². The second-order valence-electron chi connectivity index (χ2n) is 4.59. The second-order valence-corrected chi connectivity index (χ2v) is 5.00. The smallest absolute Gasteiger partial charge is 0.0484 e. The molecule has 0 bridgehead atoms. The van der Waals surface area contributed by atoms with Gasteiger partial charge in [-0.2, -0.15) is 0 Å². The van der Waals surface area contributed by atoms with E-state index in [9.17, 15) is 0 Å². The van der Waals surface area contributed by atoms with Gasteiger partial charge in [0.05, 0.1) is 0 Å². The monoisotopic (exact) mass is 270 g/mol. The Bertz CT molecular complexity index is 716. The van der Waals surface area contributed by atoms with Gasteiger partial charge in [0.25, 0.3) is 0 Å². The lowest BCUT2D eigenvalue weighted by Gasteiger charge is -2.05. The van der Waals surface area contributed by atoms with Crippen molar-refractivity contribution in [3.63, 3.8) is 0 Å². The first-order chi connectivity index (χ1) is 9.29. The Kier molecular flexibility index (Phi) is 3.28. The summed E-state index contributed by atoms with van der Waals surface area (Å²) in [6, 6.07) is 14.3. The Hall–Kier alpha value is -1.77. The molecule has 19 heavy (non-hydrogen) atoms. The van der Waals surface area contributed by atoms with Gasteiger partial charge in [0.1, 0.15) is 0 Å². The van der Waals surface area contributed by atoms with Crippen LogP contribution in [0.3, 0.4) is 0 Å². The number of benzene rings is 2. The van der Waals surface area contributed by atoms with E-state index in [1.807, 2.05) is 30.5 Å². The van der Waals surface area contributed by atoms with Gasteiger partial charge < -0.3 is 10.7 Å². The van der Waals surface area contributed by atoms with Gasteiger partial charge in [0.15, 0.2) is 0 Å². The molecule has 1 aromatic heterocycles. The first-order valence-electron chi connectivity index (χ1n) is 6.34. The minimum Gasteiger partial charge on any atom is -0.361 e. The number of hydrogen-bond donors (Lipinski definition) is 2. The van der Waals surface area contributed by atoms with Crippen molar-refractivity contribution < 1.29 is 0 Å². The average molecular weight is 271 g/mol. The van der Waals surface area contributed by atoms with Crippen molar-refractivity contribution in [2.24, 2.45) is 5.73 Å². The Morgan fingerprint density at radius 1 is 1.11 bits per heavy atom. The summed E-state index contributed by atoms with van der Waals surface area (Å²) in [7, 11) is 0. The third-order valence-electron chi connectivity index (χ3n) is 3.37. The molecule has 0 radical (unpaired) electrons. The summed E-state index contributed by atoms with van der Waals surface area (Å²) in [4.78, 5) is 3.28. The van der Waals surface area contributed by atoms with Crippen LogP contribution in [0.15, 0.2) is 48.7 Å². The molecule has 0 fully saturated rings. The summed E-state index contributed by atoms with van der Waals surface area (Å²) >= 11 is 6.26. The highest BCUT2D eigenvalue weighted by molar-refractivity contribution is 6.33. The number of H-pyrrole nitrogens is 1. The molecule has 0 aliphatic rings. The van der Waals surface area contributed by atoms with Crippen LogP contribution < -0.4 is 5.73 Å². The molecule has 3 heteroatoms. The average Bonchev–Trinajstić information content (AvgIpc) is 2.82. The Labute approximate surface area is 117 Å². The molecule has 0 unspecified atom stereocenters. The zero-order valence-electron chi connectivity index (χ0n) is 10.5. The van der Waals surface area contributed by atoms with E-state index in [4.69, 9.17) is 17.3 Å². The SMILES string of the molecule is NCCc1c[nH]c2ccc(-c3ccccc3Cl)cc12. The van der Waals surface area contributed by atoms with E-state index in [-0.39, 0.29) is 0 Å². The van der Waals surface area contributed by atoms with Gasteiger partial charge in [-0.1, -0.05) is 35.9 Å². The molecule has 0 spiro atoms. The first kappa shape index (κ1) is 12.3. The van der Waals surface area contributed by atoms with E-state index < -0.39 is 0 Å². The molecule has 0 amide bonds. The van der Waals surface area contributed by atoms with Gasteiger partial charge in [0, 0.05) is 27.7 Å². The van der Waals surface area contributed by atoms with Crippen molar-refractivity contribution in [1.82, 2.24) is 4.98 Å². The van der Waals surface area contributed by atoms with Gasteiger partial charge in [0.2, 0.25) is 0 Å². The molecular formula is C16H15ClN2. The second kappa shape index (κ2) is 5.08. The molecule has 1 heterocycles. The van der Waals surface area contributed by atoms with Gasteiger partial charge in [-0.05, 0) is 42.3 Å². The maximum atomic E-state index is 6.26. The molecule has 0 atom stereocenters. The molecule has 2 aromatic carbocycles. The van der Waals surface area contributed by atoms with Crippen LogP contribution in [0.2, 0.25) is 5.02 Å². The number of aromatic nitrogens is 1. The van der Waals surface area contributed by atoms with Crippen LogP contribution in [0.5, 0.6) is 0 Å². The molecule has 2 nitrogen and oxygen atoms in total. The third-order valence-corrected chi connectivity index (χ3v) is 3.70. The molecule has 0 aliphatic carbocycles. The zero-order valence-corrected chi connectivity index (χ0v) is 11.2. The highest BCUT2D eigenvalue weighted by atomic mass is 35.5. The predicted molar refractivity (Wildman–Crippen MR) is 81.5 cm³/mol. The van der Waals surface area contributed by atoms with Crippen molar-refractivity contribution in [3.05, 3.63) is 59.2 Å². The predicted octanol–water partition coefficient (Wildman–Crippen LogP) is 3.99. The molecule has 0 aliphatic heterocycles. The largest absolute Gasteiger partial charge is 0.361 e. The van der Waals surface area contributed by atoms with E-state index in [2.05, 4.69) is 23.2 Å². The van der Waals surface area contributed by atoms with Crippen molar-refractivity contribution in [2.45, 2.75) is 6.42 Å². The van der Waals surface area contributed by atoms with Crippen molar-refractivity contribution in [2.75, 3.05) is 6.54 Å². The molecule has 3 N–H and O–H groups in total. The summed E-state index contributed by atoms with van der Waals surface area (Å²) in [6.45, 7) is 0.656. The highest BCUT2D eigenvalue weighted by Crippen LogP contribution is 2.31. The van der Waals surface area contributed by atoms with Crippen LogP contribution in [-0.2, 0) is 6.42 Å². The summed E-state index contributed by atoms with van der Waals surface area (Å²) in [5.74, 6) is 0. The minimum atomic E-state index is 0.656. The maximum Gasteiger partial charge on any atom is 0.0484 e. The number of rotatable bonds is 3. The topological polar surface area (TPSA) is 41.8 Å². The zero-order chi connectivity index (χ0) is 13.2. The highest BCUT2D eigenvalue weighted by Gasteiger charge is 2.07. The fourth-order valence-electron chi connectivity index (χ4n) is 2.40. The summed E-state index contributed by atoms with van der Waals surface area (Å²) < 4.78 is 0. The standard InChI is InChI=1S/C16H15ClN2/c17-15-4-2-1-3-13(15)11-5-6-16-14(9-11)12(7-8-18)10-19-16/h1-6,9-10,19H,7-8,18H2. The number of aromatic amines is 1. The van der Waals surface area contributed by atoms with Gasteiger partial charge in [-0.25, -0.2) is 0 Å². The Balaban J connectivity index is 2.15. The van der Waals surface area contributed by atoms with E-state index in [1.54, 1.807) is 0 Å². The number of nitrogens with two attached hydrogens (primary N) is 1. The lowest BCUT2D eigenvalue weighted by atomic mass is 10.0.